The topological polar surface area (TPSA) is 113 Å². The molecule has 3 rings (SSSR count). The van der Waals surface area contributed by atoms with E-state index in [9.17, 15) is 9.90 Å². The number of hydrogen-bond acceptors (Lipinski definition) is 5. The van der Waals surface area contributed by atoms with Crippen molar-refractivity contribution in [3.05, 3.63) is 32.6 Å². The number of aliphatic hydroxyl groups is 1. The number of ether oxygens (including phenoxy) is 1. The Hall–Kier alpha value is -2.05. The average molecular weight is 263 g/mol. The van der Waals surface area contributed by atoms with E-state index >= 15 is 0 Å². The molecule has 3 atom stereocenters. The molecule has 1 N–H and O–H groups in total. The summed E-state index contributed by atoms with van der Waals surface area (Å²) >= 11 is 0. The highest BCUT2D eigenvalue weighted by atomic mass is 16.5. The van der Waals surface area contributed by atoms with Crippen LogP contribution in [-0.2, 0) is 0 Å². The molecule has 100 valence electrons. The standard InChI is InChI=1S/C11H13N5O3/c1-6-4-16-7-2-3-11(5-17,14-15-12)8(7)19-10(16)13-9(6)18/h4,7-8,17H,2-3,5H2,1H3/t7-,8-,11+/m0/s1. The van der Waals surface area contributed by atoms with Gasteiger partial charge in [-0.05, 0) is 25.3 Å². The molecule has 8 heteroatoms. The van der Waals surface area contributed by atoms with Crippen LogP contribution in [0.4, 0.5) is 0 Å². The van der Waals surface area contributed by atoms with Gasteiger partial charge in [0.25, 0.3) is 11.6 Å². The molecule has 1 saturated carbocycles. The Labute approximate surface area is 108 Å². The highest BCUT2D eigenvalue weighted by Gasteiger charge is 2.54. The molecule has 1 aliphatic heterocycles. The van der Waals surface area contributed by atoms with Crippen molar-refractivity contribution in [2.45, 2.75) is 37.5 Å². The summed E-state index contributed by atoms with van der Waals surface area (Å²) in [7, 11) is 0. The number of nitrogens with zero attached hydrogens (tertiary/aromatic N) is 5. The monoisotopic (exact) mass is 263 g/mol. The SMILES string of the molecule is Cc1cn2c(nc1=O)O[C@H]1[C@@H]2CC[C@]1(CO)N=[N+]=[N-]. The highest BCUT2D eigenvalue weighted by molar-refractivity contribution is 5.20. The Morgan fingerprint density at radius 2 is 2.58 bits per heavy atom. The van der Waals surface area contributed by atoms with Crippen LogP contribution < -0.4 is 10.3 Å². The van der Waals surface area contributed by atoms with Crippen molar-refractivity contribution in [1.82, 2.24) is 9.55 Å². The molecule has 0 bridgehead atoms. The van der Waals surface area contributed by atoms with Gasteiger partial charge in [-0.1, -0.05) is 5.11 Å². The van der Waals surface area contributed by atoms with E-state index in [1.165, 1.54) is 0 Å². The molecule has 0 aromatic carbocycles. The fraction of sp³-hybridized carbons (Fsp3) is 0.636. The van der Waals surface area contributed by atoms with E-state index in [4.69, 9.17) is 10.3 Å². The molecule has 0 spiro atoms. The van der Waals surface area contributed by atoms with E-state index in [2.05, 4.69) is 15.0 Å². The van der Waals surface area contributed by atoms with Crippen LogP contribution in [0.1, 0.15) is 24.4 Å². The summed E-state index contributed by atoms with van der Waals surface area (Å²) in [4.78, 5) is 18.2. The van der Waals surface area contributed by atoms with Gasteiger partial charge in [0.15, 0.2) is 0 Å². The van der Waals surface area contributed by atoms with Crippen molar-refractivity contribution in [1.29, 1.82) is 0 Å². The average Bonchev–Trinajstić information content (AvgIpc) is 2.90. The zero-order valence-corrected chi connectivity index (χ0v) is 10.4. The smallest absolute Gasteiger partial charge is 0.300 e. The molecule has 0 amide bonds. The lowest BCUT2D eigenvalue weighted by Crippen LogP contribution is -2.43. The molecule has 1 aliphatic carbocycles. The number of fused-ring (bicyclic) bond motifs is 3. The van der Waals surface area contributed by atoms with Crippen molar-refractivity contribution in [3.63, 3.8) is 0 Å². The minimum atomic E-state index is -0.968. The molecule has 1 aromatic heterocycles. The maximum absolute atomic E-state index is 11.5. The number of rotatable bonds is 2. The molecule has 0 unspecified atom stereocenters. The molecule has 8 nitrogen and oxygen atoms in total. The van der Waals surface area contributed by atoms with Crippen LogP contribution in [0, 0.1) is 6.92 Å². The second-order valence-electron chi connectivity index (χ2n) is 5.01. The summed E-state index contributed by atoms with van der Waals surface area (Å²) < 4.78 is 7.45. The zero-order chi connectivity index (χ0) is 13.6. The number of hydrogen-bond donors (Lipinski definition) is 1. The minimum absolute atomic E-state index is 0.0561. The summed E-state index contributed by atoms with van der Waals surface area (Å²) in [6.45, 7) is 1.41. The molecular formula is C11H13N5O3. The first-order valence-corrected chi connectivity index (χ1v) is 6.05. The lowest BCUT2D eigenvalue weighted by molar-refractivity contribution is 0.0871. The first-order chi connectivity index (χ1) is 9.11. The predicted molar refractivity (Wildman–Crippen MR) is 64.9 cm³/mol. The van der Waals surface area contributed by atoms with E-state index in [0.29, 0.717) is 18.4 Å². The van der Waals surface area contributed by atoms with Gasteiger partial charge in [-0.15, -0.1) is 0 Å². The van der Waals surface area contributed by atoms with Gasteiger partial charge in [-0.2, -0.15) is 4.98 Å². The lowest BCUT2D eigenvalue weighted by Gasteiger charge is -2.26. The quantitative estimate of drug-likeness (QED) is 0.480. The van der Waals surface area contributed by atoms with Crippen LogP contribution in [0.3, 0.4) is 0 Å². The van der Waals surface area contributed by atoms with Crippen molar-refractivity contribution in [3.8, 4) is 6.01 Å². The van der Waals surface area contributed by atoms with Gasteiger partial charge in [-0.25, -0.2) is 0 Å². The molecule has 1 fully saturated rings. The lowest BCUT2D eigenvalue weighted by atomic mass is 9.97. The third-order valence-corrected chi connectivity index (χ3v) is 3.95. The molecular weight excluding hydrogens is 250 g/mol. The van der Waals surface area contributed by atoms with Gasteiger partial charge in [0.2, 0.25) is 0 Å². The maximum atomic E-state index is 11.5. The van der Waals surface area contributed by atoms with Gasteiger partial charge in [-0.3, -0.25) is 9.36 Å². The predicted octanol–water partition coefficient (Wildman–Crippen LogP) is 0.689. The maximum Gasteiger partial charge on any atom is 0.300 e. The fourth-order valence-corrected chi connectivity index (χ4v) is 2.91. The van der Waals surface area contributed by atoms with Crippen LogP contribution in [0.15, 0.2) is 16.1 Å². The summed E-state index contributed by atoms with van der Waals surface area (Å²) in [6.07, 6.45) is 2.50. The summed E-state index contributed by atoms with van der Waals surface area (Å²) in [6, 6.07) is 0.177. The Morgan fingerprint density at radius 1 is 1.79 bits per heavy atom. The van der Waals surface area contributed by atoms with Crippen LogP contribution in [0.5, 0.6) is 6.01 Å². The molecule has 1 aromatic rings. The molecule has 19 heavy (non-hydrogen) atoms. The number of azide groups is 1. The first kappa shape index (κ1) is 12.0. The minimum Gasteiger partial charge on any atom is -0.458 e. The molecule has 2 heterocycles. The van der Waals surface area contributed by atoms with E-state index in [1.54, 1.807) is 17.7 Å². The van der Waals surface area contributed by atoms with Crippen molar-refractivity contribution in [2.24, 2.45) is 5.11 Å². The largest absolute Gasteiger partial charge is 0.458 e. The molecule has 2 aliphatic rings. The summed E-state index contributed by atoms with van der Waals surface area (Å²) in [5.74, 6) is 0. The number of aromatic nitrogens is 2. The van der Waals surface area contributed by atoms with Gasteiger partial charge < -0.3 is 9.84 Å². The van der Waals surface area contributed by atoms with Gasteiger partial charge >= 0.3 is 0 Å². The third kappa shape index (κ3) is 1.54. The van der Waals surface area contributed by atoms with Crippen molar-refractivity contribution in [2.75, 3.05) is 6.61 Å². The Balaban J connectivity index is 2.07. The second-order valence-corrected chi connectivity index (χ2v) is 5.01. The Morgan fingerprint density at radius 3 is 3.26 bits per heavy atom. The zero-order valence-electron chi connectivity index (χ0n) is 10.4. The van der Waals surface area contributed by atoms with E-state index < -0.39 is 11.6 Å². The Bertz CT molecular complexity index is 636. The second kappa shape index (κ2) is 3.97. The van der Waals surface area contributed by atoms with Crippen LogP contribution in [0.2, 0.25) is 0 Å². The molecule has 0 saturated heterocycles. The third-order valence-electron chi connectivity index (χ3n) is 3.95. The fourth-order valence-electron chi connectivity index (χ4n) is 2.91. The number of aryl methyl sites for hydroxylation is 1. The van der Waals surface area contributed by atoms with Gasteiger partial charge in [0.1, 0.15) is 11.6 Å². The Kier molecular flexibility index (Phi) is 2.51. The molecule has 0 radical (unpaired) electrons. The van der Waals surface area contributed by atoms with E-state index in [0.717, 1.165) is 0 Å². The summed E-state index contributed by atoms with van der Waals surface area (Å²) in [5.41, 5.74) is 7.91. The summed E-state index contributed by atoms with van der Waals surface area (Å²) in [5, 5.41) is 13.3. The van der Waals surface area contributed by atoms with Crippen molar-refractivity contribution < 1.29 is 9.84 Å². The van der Waals surface area contributed by atoms with Gasteiger partial charge in [0.05, 0.1) is 12.6 Å². The van der Waals surface area contributed by atoms with E-state index in [-0.39, 0.29) is 24.2 Å². The van der Waals surface area contributed by atoms with Crippen molar-refractivity contribution >= 4 is 0 Å². The van der Waals surface area contributed by atoms with E-state index in [1.807, 2.05) is 0 Å². The highest BCUT2D eigenvalue weighted by Crippen LogP contribution is 2.47. The number of aliphatic hydroxyl groups excluding tert-OH is 1. The first-order valence-electron chi connectivity index (χ1n) is 6.05. The van der Waals surface area contributed by atoms with Gasteiger partial charge in [0, 0.05) is 16.7 Å². The van der Waals surface area contributed by atoms with Crippen LogP contribution in [0.25, 0.3) is 10.4 Å². The normalized spacial score (nSPS) is 31.3. The van der Waals surface area contributed by atoms with Crippen LogP contribution in [-0.4, -0.2) is 32.9 Å². The van der Waals surface area contributed by atoms with Crippen LogP contribution >= 0.6 is 0 Å².